The molecule has 1 aromatic rings. The van der Waals surface area contributed by atoms with Crippen molar-refractivity contribution < 1.29 is 24.2 Å². The van der Waals surface area contributed by atoms with Gasteiger partial charge in [-0.25, -0.2) is 0 Å². The molecule has 0 radical (unpaired) electrons. The van der Waals surface area contributed by atoms with E-state index in [2.05, 4.69) is 5.32 Å². The molecule has 1 aliphatic heterocycles. The fourth-order valence-electron chi connectivity index (χ4n) is 3.71. The van der Waals surface area contributed by atoms with Crippen LogP contribution >= 0.6 is 0 Å². The first-order valence-corrected chi connectivity index (χ1v) is 10.9. The zero-order valence-electron chi connectivity index (χ0n) is 17.9. The molecule has 2 N–H and O–H groups in total. The molecule has 2 rings (SSSR count). The van der Waals surface area contributed by atoms with Crippen LogP contribution in [0.4, 0.5) is 5.69 Å². The maximum absolute atomic E-state index is 12.4. The van der Waals surface area contributed by atoms with E-state index in [1.54, 1.807) is 12.0 Å². The van der Waals surface area contributed by atoms with Gasteiger partial charge in [0, 0.05) is 31.6 Å². The second kappa shape index (κ2) is 12.9. The molecule has 1 saturated heterocycles. The molecule has 1 aromatic carbocycles. The van der Waals surface area contributed by atoms with E-state index in [9.17, 15) is 14.4 Å². The summed E-state index contributed by atoms with van der Waals surface area (Å²) < 4.78 is 5.14. The Bertz CT molecular complexity index is 689. The quantitative estimate of drug-likeness (QED) is 0.449. The number of aliphatic carboxylic acids is 1. The lowest BCUT2D eigenvalue weighted by molar-refractivity contribution is -0.137. The standard InChI is InChI=1S/C23H34N2O5/c1-30-20-13-11-19(12-14-20)25-17-18(16-21(25)26)23(29)24-15-9-7-5-3-2-4-6-8-10-22(27)28/h11-14,18H,2-10,15-17H2,1H3,(H,24,29)(H,27,28). The molecule has 0 saturated carbocycles. The Hall–Kier alpha value is -2.57. The zero-order chi connectivity index (χ0) is 21.8. The van der Waals surface area contributed by atoms with E-state index in [-0.39, 0.29) is 30.6 Å². The number of nitrogens with one attached hydrogen (secondary N) is 1. The Morgan fingerprint density at radius 1 is 1.03 bits per heavy atom. The number of rotatable bonds is 14. The van der Waals surface area contributed by atoms with Gasteiger partial charge >= 0.3 is 5.97 Å². The SMILES string of the molecule is COc1ccc(N2CC(C(=O)NCCCCCCCCCCC(=O)O)CC2=O)cc1. The Morgan fingerprint density at radius 2 is 1.63 bits per heavy atom. The van der Waals surface area contributed by atoms with Crippen LogP contribution in [-0.4, -0.2) is 43.1 Å². The van der Waals surface area contributed by atoms with Crippen molar-refractivity contribution in [3.05, 3.63) is 24.3 Å². The molecule has 30 heavy (non-hydrogen) atoms. The highest BCUT2D eigenvalue weighted by molar-refractivity contribution is 6.00. The van der Waals surface area contributed by atoms with Crippen molar-refractivity contribution in [3.8, 4) is 5.75 Å². The summed E-state index contributed by atoms with van der Waals surface area (Å²) in [6, 6.07) is 7.30. The van der Waals surface area contributed by atoms with Gasteiger partial charge < -0.3 is 20.1 Å². The molecule has 1 aliphatic rings. The van der Waals surface area contributed by atoms with E-state index in [0.29, 0.717) is 13.1 Å². The summed E-state index contributed by atoms with van der Waals surface area (Å²) in [6.07, 6.45) is 8.77. The van der Waals surface area contributed by atoms with Crippen LogP contribution in [0.5, 0.6) is 5.75 Å². The van der Waals surface area contributed by atoms with Crippen molar-refractivity contribution in [2.75, 3.05) is 25.1 Å². The predicted octanol–water partition coefficient (Wildman–Crippen LogP) is 3.76. The number of carbonyl (C=O) groups is 3. The highest BCUT2D eigenvalue weighted by Crippen LogP contribution is 2.26. The normalized spacial score (nSPS) is 16.0. The number of methoxy groups -OCH3 is 1. The molecule has 2 amide bonds. The number of carboxylic acids is 1. The Kier molecular flexibility index (Phi) is 10.2. The number of hydrogen-bond donors (Lipinski definition) is 2. The monoisotopic (exact) mass is 418 g/mol. The summed E-state index contributed by atoms with van der Waals surface area (Å²) in [6.45, 7) is 1.06. The van der Waals surface area contributed by atoms with Crippen molar-refractivity contribution >= 4 is 23.5 Å². The minimum atomic E-state index is -0.715. The highest BCUT2D eigenvalue weighted by atomic mass is 16.5. The molecule has 0 aliphatic carbocycles. The van der Waals surface area contributed by atoms with Gasteiger partial charge in [0.25, 0.3) is 0 Å². The lowest BCUT2D eigenvalue weighted by Crippen LogP contribution is -2.33. The molecule has 0 aromatic heterocycles. The van der Waals surface area contributed by atoms with E-state index in [1.165, 1.54) is 0 Å². The molecule has 0 bridgehead atoms. The number of anilines is 1. The molecule has 1 fully saturated rings. The first-order chi connectivity index (χ1) is 14.5. The fourth-order valence-corrected chi connectivity index (χ4v) is 3.71. The second-order valence-corrected chi connectivity index (χ2v) is 7.87. The van der Waals surface area contributed by atoms with E-state index in [4.69, 9.17) is 9.84 Å². The molecule has 166 valence electrons. The van der Waals surface area contributed by atoms with Crippen molar-refractivity contribution in [2.45, 2.75) is 64.2 Å². The number of hydrogen-bond acceptors (Lipinski definition) is 4. The topological polar surface area (TPSA) is 95.9 Å². The van der Waals surface area contributed by atoms with Gasteiger partial charge in [-0.2, -0.15) is 0 Å². The molecule has 1 atom stereocenters. The summed E-state index contributed by atoms with van der Waals surface area (Å²) >= 11 is 0. The number of carboxylic acid groups (broad SMARTS) is 1. The number of nitrogens with zero attached hydrogens (tertiary/aromatic N) is 1. The van der Waals surface area contributed by atoms with E-state index < -0.39 is 5.97 Å². The van der Waals surface area contributed by atoms with Gasteiger partial charge in [-0.15, -0.1) is 0 Å². The average Bonchev–Trinajstić information content (AvgIpc) is 3.13. The molecular weight excluding hydrogens is 384 g/mol. The van der Waals surface area contributed by atoms with Gasteiger partial charge in [0.2, 0.25) is 11.8 Å². The minimum absolute atomic E-state index is 0.0244. The smallest absolute Gasteiger partial charge is 0.303 e. The van der Waals surface area contributed by atoms with Crippen LogP contribution in [0.3, 0.4) is 0 Å². The van der Waals surface area contributed by atoms with Gasteiger partial charge in [-0.1, -0.05) is 38.5 Å². The fraction of sp³-hybridized carbons (Fsp3) is 0.609. The average molecular weight is 419 g/mol. The summed E-state index contributed by atoms with van der Waals surface area (Å²) in [5.74, 6) is -0.350. The maximum Gasteiger partial charge on any atom is 0.303 e. The summed E-state index contributed by atoms with van der Waals surface area (Å²) in [5, 5.41) is 11.6. The third-order valence-electron chi connectivity index (χ3n) is 5.50. The number of amides is 2. The van der Waals surface area contributed by atoms with Crippen LogP contribution in [-0.2, 0) is 14.4 Å². The summed E-state index contributed by atoms with van der Waals surface area (Å²) in [4.78, 5) is 36.8. The largest absolute Gasteiger partial charge is 0.497 e. The number of unbranched alkanes of at least 4 members (excludes halogenated alkanes) is 7. The molecule has 1 unspecified atom stereocenters. The van der Waals surface area contributed by atoms with Crippen LogP contribution in [0.25, 0.3) is 0 Å². The van der Waals surface area contributed by atoms with Crippen LogP contribution in [0.1, 0.15) is 64.2 Å². The van der Waals surface area contributed by atoms with E-state index in [0.717, 1.165) is 62.8 Å². The van der Waals surface area contributed by atoms with Crippen molar-refractivity contribution in [1.82, 2.24) is 5.32 Å². The van der Waals surface area contributed by atoms with Crippen molar-refractivity contribution in [3.63, 3.8) is 0 Å². The molecule has 1 heterocycles. The van der Waals surface area contributed by atoms with E-state index >= 15 is 0 Å². The first kappa shape index (κ1) is 23.7. The van der Waals surface area contributed by atoms with Gasteiger partial charge in [0.1, 0.15) is 5.75 Å². The highest BCUT2D eigenvalue weighted by Gasteiger charge is 2.34. The molecule has 0 spiro atoms. The number of benzene rings is 1. The number of ether oxygens (including phenoxy) is 1. The van der Waals surface area contributed by atoms with Crippen LogP contribution < -0.4 is 15.0 Å². The summed E-state index contributed by atoms with van der Waals surface area (Å²) in [5.41, 5.74) is 0.791. The summed E-state index contributed by atoms with van der Waals surface area (Å²) in [7, 11) is 1.60. The van der Waals surface area contributed by atoms with Crippen LogP contribution in [0, 0.1) is 5.92 Å². The zero-order valence-corrected chi connectivity index (χ0v) is 17.9. The Labute approximate surface area is 178 Å². The van der Waals surface area contributed by atoms with Gasteiger partial charge in [0.05, 0.1) is 13.0 Å². The molecule has 7 heteroatoms. The minimum Gasteiger partial charge on any atom is -0.497 e. The van der Waals surface area contributed by atoms with Crippen LogP contribution in [0.2, 0.25) is 0 Å². The van der Waals surface area contributed by atoms with Gasteiger partial charge in [0.15, 0.2) is 0 Å². The molecular formula is C23H34N2O5. The third kappa shape index (κ3) is 8.05. The van der Waals surface area contributed by atoms with Gasteiger partial charge in [-0.05, 0) is 37.1 Å². The second-order valence-electron chi connectivity index (χ2n) is 7.87. The lowest BCUT2D eigenvalue weighted by atomic mass is 10.1. The van der Waals surface area contributed by atoms with Crippen LogP contribution in [0.15, 0.2) is 24.3 Å². The molecule has 7 nitrogen and oxygen atoms in total. The Morgan fingerprint density at radius 3 is 2.23 bits per heavy atom. The third-order valence-corrected chi connectivity index (χ3v) is 5.50. The maximum atomic E-state index is 12.4. The van der Waals surface area contributed by atoms with Crippen molar-refractivity contribution in [2.24, 2.45) is 5.92 Å². The lowest BCUT2D eigenvalue weighted by Gasteiger charge is -2.17. The van der Waals surface area contributed by atoms with Gasteiger partial charge in [-0.3, -0.25) is 14.4 Å². The predicted molar refractivity (Wildman–Crippen MR) is 116 cm³/mol. The Balaban J connectivity index is 1.55. The first-order valence-electron chi connectivity index (χ1n) is 10.9. The van der Waals surface area contributed by atoms with Crippen molar-refractivity contribution in [1.29, 1.82) is 0 Å². The van der Waals surface area contributed by atoms with E-state index in [1.807, 2.05) is 24.3 Å². The number of carbonyl (C=O) groups excluding carboxylic acids is 2.